The maximum absolute atomic E-state index is 13.1. The summed E-state index contributed by atoms with van der Waals surface area (Å²) in [5.41, 5.74) is 0.790. The van der Waals surface area contributed by atoms with Gasteiger partial charge >= 0.3 is 0 Å². The second kappa shape index (κ2) is 8.89. The Kier molecular flexibility index (Phi) is 5.64. The molecule has 2 aromatic heterocycles. The Morgan fingerprint density at radius 1 is 1.00 bits per heavy atom. The van der Waals surface area contributed by atoms with Crippen LogP contribution >= 0.6 is 0 Å². The van der Waals surface area contributed by atoms with E-state index in [9.17, 15) is 9.59 Å². The molecule has 3 aromatic rings. The molecule has 1 atom stereocenters. The van der Waals surface area contributed by atoms with E-state index in [0.29, 0.717) is 38.5 Å². The van der Waals surface area contributed by atoms with Crippen molar-refractivity contribution in [2.24, 2.45) is 5.92 Å². The van der Waals surface area contributed by atoms with Gasteiger partial charge in [0, 0.05) is 57.2 Å². The van der Waals surface area contributed by atoms with Crippen LogP contribution in [0.5, 0.6) is 5.75 Å². The van der Waals surface area contributed by atoms with Gasteiger partial charge in [0.1, 0.15) is 12.1 Å². The fraction of sp³-hybridized carbons (Fsp3) is 0.348. The van der Waals surface area contributed by atoms with Gasteiger partial charge < -0.3 is 19.4 Å². The molecule has 10 nitrogen and oxygen atoms in total. The number of methoxy groups -OCH3 is 1. The molecular formula is C23H25N7O3. The zero-order valence-corrected chi connectivity index (χ0v) is 18.4. The molecule has 33 heavy (non-hydrogen) atoms. The second-order valence-electron chi connectivity index (χ2n) is 8.14. The first kappa shape index (κ1) is 20.9. The number of ether oxygens (including phenoxy) is 1. The minimum absolute atomic E-state index is 0.0228. The fourth-order valence-corrected chi connectivity index (χ4v) is 4.32. The number of carbonyl (C=O) groups excluding carboxylic acids is 2. The Balaban J connectivity index is 1.17. The maximum Gasteiger partial charge on any atom is 0.228 e. The van der Waals surface area contributed by atoms with Crippen LogP contribution in [0, 0.1) is 5.92 Å². The van der Waals surface area contributed by atoms with Crippen LogP contribution in [0.4, 0.5) is 11.5 Å². The fourth-order valence-electron chi connectivity index (χ4n) is 4.32. The van der Waals surface area contributed by atoms with Crippen LogP contribution in [0.25, 0.3) is 5.82 Å². The lowest BCUT2D eigenvalue weighted by molar-refractivity contribution is -0.136. The number of anilines is 2. The van der Waals surface area contributed by atoms with E-state index < -0.39 is 0 Å². The number of rotatable bonds is 5. The van der Waals surface area contributed by atoms with Gasteiger partial charge in [-0.15, -0.1) is 10.2 Å². The molecule has 0 spiro atoms. The summed E-state index contributed by atoms with van der Waals surface area (Å²) in [7, 11) is 1.60. The largest absolute Gasteiger partial charge is 0.497 e. The molecule has 170 valence electrons. The Hall–Kier alpha value is -3.95. The first-order valence-corrected chi connectivity index (χ1v) is 10.9. The summed E-state index contributed by atoms with van der Waals surface area (Å²) in [5, 5.41) is 8.60. The Bertz CT molecular complexity index is 1110. The Morgan fingerprint density at radius 2 is 1.73 bits per heavy atom. The lowest BCUT2D eigenvalue weighted by Crippen LogP contribution is -2.51. The summed E-state index contributed by atoms with van der Waals surface area (Å²) < 4.78 is 6.98. The molecule has 2 aliphatic heterocycles. The highest BCUT2D eigenvalue weighted by Crippen LogP contribution is 2.28. The molecule has 2 saturated heterocycles. The first-order chi connectivity index (χ1) is 16.1. The Morgan fingerprint density at radius 3 is 2.36 bits per heavy atom. The van der Waals surface area contributed by atoms with Crippen LogP contribution in [0.2, 0.25) is 0 Å². The van der Waals surface area contributed by atoms with E-state index in [2.05, 4.69) is 20.1 Å². The summed E-state index contributed by atoms with van der Waals surface area (Å²) >= 11 is 0. The van der Waals surface area contributed by atoms with E-state index in [1.165, 1.54) is 0 Å². The predicted molar refractivity (Wildman–Crippen MR) is 121 cm³/mol. The molecular weight excluding hydrogens is 422 g/mol. The molecule has 0 aliphatic carbocycles. The number of hydrogen-bond donors (Lipinski definition) is 0. The van der Waals surface area contributed by atoms with Gasteiger partial charge in [-0.25, -0.2) is 4.98 Å². The second-order valence-corrected chi connectivity index (χ2v) is 8.14. The highest BCUT2D eigenvalue weighted by molar-refractivity contribution is 6.00. The monoisotopic (exact) mass is 447 g/mol. The van der Waals surface area contributed by atoms with Crippen molar-refractivity contribution in [3.05, 3.63) is 55.1 Å². The molecule has 4 heterocycles. The SMILES string of the molecule is COc1ccc(N2CC(C(=O)N3CCN(c4ccc(-n5ccnc5)nn4)CC3)CC2=O)cc1. The number of imidazole rings is 1. The third-order valence-electron chi connectivity index (χ3n) is 6.18. The van der Waals surface area contributed by atoms with E-state index >= 15 is 0 Å². The number of carbonyl (C=O) groups is 2. The number of hydrogen-bond acceptors (Lipinski definition) is 7. The molecule has 0 radical (unpaired) electrons. The summed E-state index contributed by atoms with van der Waals surface area (Å²) in [6.45, 7) is 2.95. The molecule has 1 aromatic carbocycles. The number of benzene rings is 1. The van der Waals surface area contributed by atoms with E-state index in [-0.39, 0.29) is 24.2 Å². The topological polar surface area (TPSA) is 96.7 Å². The van der Waals surface area contributed by atoms with Crippen molar-refractivity contribution < 1.29 is 14.3 Å². The normalized spacial score (nSPS) is 18.6. The van der Waals surface area contributed by atoms with Crippen LogP contribution in [-0.4, -0.2) is 76.3 Å². The highest BCUT2D eigenvalue weighted by atomic mass is 16.5. The summed E-state index contributed by atoms with van der Waals surface area (Å²) in [6.07, 6.45) is 5.43. The van der Waals surface area contributed by atoms with Crippen molar-refractivity contribution >= 4 is 23.3 Å². The van der Waals surface area contributed by atoms with Gasteiger partial charge in [-0.05, 0) is 36.4 Å². The molecule has 10 heteroatoms. The standard InChI is InChI=1S/C23H25N7O3/c1-33-19-4-2-18(3-5-19)30-15-17(14-22(30)31)23(32)28-12-10-27(11-13-28)20-6-7-21(26-25-20)29-9-8-24-16-29/h2-9,16-17H,10-15H2,1H3. The van der Waals surface area contributed by atoms with Crippen molar-refractivity contribution in [2.45, 2.75) is 6.42 Å². The zero-order chi connectivity index (χ0) is 22.8. The van der Waals surface area contributed by atoms with Gasteiger partial charge in [-0.3, -0.25) is 14.2 Å². The number of nitrogens with zero attached hydrogens (tertiary/aromatic N) is 7. The molecule has 0 bridgehead atoms. The van der Waals surface area contributed by atoms with Gasteiger partial charge in [0.2, 0.25) is 11.8 Å². The van der Waals surface area contributed by atoms with Gasteiger partial charge in [0.15, 0.2) is 11.6 Å². The molecule has 2 fully saturated rings. The quantitative estimate of drug-likeness (QED) is 0.583. The van der Waals surface area contributed by atoms with Crippen LogP contribution < -0.4 is 14.5 Å². The van der Waals surface area contributed by atoms with Crippen molar-refractivity contribution in [1.29, 1.82) is 0 Å². The number of piperazine rings is 1. The van der Waals surface area contributed by atoms with Crippen LogP contribution in [0.15, 0.2) is 55.1 Å². The number of aromatic nitrogens is 4. The summed E-state index contributed by atoms with van der Waals surface area (Å²) in [6, 6.07) is 11.2. The van der Waals surface area contributed by atoms with E-state index in [1.54, 1.807) is 29.1 Å². The molecule has 1 unspecified atom stereocenters. The van der Waals surface area contributed by atoms with Crippen LogP contribution in [0.1, 0.15) is 6.42 Å². The molecule has 2 aliphatic rings. The smallest absolute Gasteiger partial charge is 0.228 e. The van der Waals surface area contributed by atoms with E-state index in [0.717, 1.165) is 17.3 Å². The van der Waals surface area contributed by atoms with Gasteiger partial charge in [-0.2, -0.15) is 0 Å². The van der Waals surface area contributed by atoms with Crippen LogP contribution in [-0.2, 0) is 9.59 Å². The average molecular weight is 447 g/mol. The summed E-state index contributed by atoms with van der Waals surface area (Å²) in [5.74, 6) is 1.92. The first-order valence-electron chi connectivity index (χ1n) is 10.9. The third kappa shape index (κ3) is 4.23. The van der Waals surface area contributed by atoms with Crippen molar-refractivity contribution in [3.63, 3.8) is 0 Å². The third-order valence-corrected chi connectivity index (χ3v) is 6.18. The molecule has 5 rings (SSSR count). The van der Waals surface area contributed by atoms with Crippen molar-refractivity contribution in [2.75, 3.05) is 49.6 Å². The molecule has 0 N–H and O–H groups in total. The minimum atomic E-state index is -0.319. The van der Waals surface area contributed by atoms with Gasteiger partial charge in [0.05, 0.1) is 13.0 Å². The van der Waals surface area contributed by atoms with Gasteiger partial charge in [-0.1, -0.05) is 0 Å². The lowest BCUT2D eigenvalue weighted by atomic mass is 10.1. The number of amides is 2. The van der Waals surface area contributed by atoms with E-state index in [1.807, 2.05) is 47.5 Å². The molecule has 2 amide bonds. The maximum atomic E-state index is 13.1. The zero-order valence-electron chi connectivity index (χ0n) is 18.4. The Labute approximate surface area is 191 Å². The minimum Gasteiger partial charge on any atom is -0.497 e. The highest BCUT2D eigenvalue weighted by Gasteiger charge is 2.38. The van der Waals surface area contributed by atoms with Crippen molar-refractivity contribution in [1.82, 2.24) is 24.6 Å². The average Bonchev–Trinajstić information content (AvgIpc) is 3.54. The summed E-state index contributed by atoms with van der Waals surface area (Å²) in [4.78, 5) is 35.4. The van der Waals surface area contributed by atoms with Crippen LogP contribution in [0.3, 0.4) is 0 Å². The van der Waals surface area contributed by atoms with E-state index in [4.69, 9.17) is 4.74 Å². The molecule has 0 saturated carbocycles. The van der Waals surface area contributed by atoms with Gasteiger partial charge in [0.25, 0.3) is 0 Å². The van der Waals surface area contributed by atoms with Crippen molar-refractivity contribution in [3.8, 4) is 11.6 Å². The lowest BCUT2D eigenvalue weighted by Gasteiger charge is -2.36. The predicted octanol–water partition coefficient (Wildman–Crippen LogP) is 1.37.